The Hall–Kier alpha value is -2.30. The van der Waals surface area contributed by atoms with Gasteiger partial charge in [0.05, 0.1) is 12.7 Å². The lowest BCUT2D eigenvalue weighted by molar-refractivity contribution is 0.414. The number of ether oxygens (including phenoxy) is 1. The van der Waals surface area contributed by atoms with Crippen molar-refractivity contribution in [3.05, 3.63) is 51.6 Å². The molecule has 1 aliphatic rings. The van der Waals surface area contributed by atoms with Crippen LogP contribution in [0.1, 0.15) is 23.4 Å². The van der Waals surface area contributed by atoms with E-state index in [0.717, 1.165) is 42.1 Å². The molecular formula is C15H17N3O2. The highest BCUT2D eigenvalue weighted by Crippen LogP contribution is 2.17. The first-order chi connectivity index (χ1) is 9.76. The third kappa shape index (κ3) is 2.52. The fourth-order valence-corrected chi connectivity index (χ4v) is 2.41. The molecule has 1 aromatic carbocycles. The number of aromatic nitrogens is 2. The second kappa shape index (κ2) is 5.36. The summed E-state index contributed by atoms with van der Waals surface area (Å²) >= 11 is 0. The first-order valence-corrected chi connectivity index (χ1v) is 6.75. The molecule has 104 valence electrons. The lowest BCUT2D eigenvalue weighted by atomic mass is 10.1. The van der Waals surface area contributed by atoms with Crippen molar-refractivity contribution in [2.45, 2.75) is 19.3 Å². The molecule has 3 rings (SSSR count). The van der Waals surface area contributed by atoms with E-state index < -0.39 is 0 Å². The molecule has 0 amide bonds. The molecule has 0 spiro atoms. The van der Waals surface area contributed by atoms with E-state index in [4.69, 9.17) is 4.74 Å². The van der Waals surface area contributed by atoms with E-state index in [-0.39, 0.29) is 5.56 Å². The second-order valence-electron chi connectivity index (χ2n) is 4.89. The van der Waals surface area contributed by atoms with Crippen LogP contribution in [0.3, 0.4) is 0 Å². The Balaban J connectivity index is 1.87. The van der Waals surface area contributed by atoms with Gasteiger partial charge < -0.3 is 15.0 Å². The highest BCUT2D eigenvalue weighted by molar-refractivity contribution is 5.45. The van der Waals surface area contributed by atoms with E-state index in [9.17, 15) is 4.79 Å². The molecule has 0 unspecified atom stereocenters. The number of hydrogen-bond donors (Lipinski definition) is 2. The summed E-state index contributed by atoms with van der Waals surface area (Å²) in [4.78, 5) is 19.4. The largest absolute Gasteiger partial charge is 0.497 e. The van der Waals surface area contributed by atoms with Crippen LogP contribution in [0.5, 0.6) is 5.75 Å². The van der Waals surface area contributed by atoms with Gasteiger partial charge in [0.15, 0.2) is 0 Å². The Labute approximate surface area is 117 Å². The number of hydrogen-bond acceptors (Lipinski definition) is 4. The molecule has 0 atom stereocenters. The molecule has 2 heterocycles. The summed E-state index contributed by atoms with van der Waals surface area (Å²) in [5.41, 5.74) is 1.84. The average molecular weight is 271 g/mol. The number of H-pyrrole nitrogens is 1. The zero-order valence-electron chi connectivity index (χ0n) is 11.4. The van der Waals surface area contributed by atoms with Gasteiger partial charge in [0.25, 0.3) is 5.56 Å². The van der Waals surface area contributed by atoms with Gasteiger partial charge in [-0.15, -0.1) is 0 Å². The molecule has 0 aliphatic carbocycles. The Morgan fingerprint density at radius 1 is 1.30 bits per heavy atom. The van der Waals surface area contributed by atoms with Crippen molar-refractivity contribution >= 4 is 5.82 Å². The first-order valence-electron chi connectivity index (χ1n) is 6.75. The van der Waals surface area contributed by atoms with Crippen LogP contribution in [-0.2, 0) is 12.8 Å². The van der Waals surface area contributed by atoms with Gasteiger partial charge in [0.2, 0.25) is 0 Å². The van der Waals surface area contributed by atoms with E-state index in [1.165, 1.54) is 0 Å². The second-order valence-corrected chi connectivity index (χ2v) is 4.89. The van der Waals surface area contributed by atoms with Gasteiger partial charge in [-0.3, -0.25) is 4.79 Å². The molecule has 2 N–H and O–H groups in total. The molecule has 0 fully saturated rings. The van der Waals surface area contributed by atoms with Crippen LogP contribution in [0.2, 0.25) is 0 Å². The molecule has 2 aromatic rings. The summed E-state index contributed by atoms with van der Waals surface area (Å²) in [7, 11) is 1.64. The smallest absolute Gasteiger partial charge is 0.256 e. The summed E-state index contributed by atoms with van der Waals surface area (Å²) < 4.78 is 5.13. The Morgan fingerprint density at radius 3 is 2.85 bits per heavy atom. The maximum Gasteiger partial charge on any atom is 0.256 e. The zero-order chi connectivity index (χ0) is 13.9. The fourth-order valence-electron chi connectivity index (χ4n) is 2.41. The molecule has 0 bridgehead atoms. The predicted molar refractivity (Wildman–Crippen MR) is 77.5 cm³/mol. The maximum atomic E-state index is 12.0. The van der Waals surface area contributed by atoms with Crippen molar-refractivity contribution in [3.8, 4) is 5.75 Å². The third-order valence-corrected chi connectivity index (χ3v) is 3.49. The minimum absolute atomic E-state index is 0.0225. The summed E-state index contributed by atoms with van der Waals surface area (Å²) in [6.45, 7) is 0.880. The van der Waals surface area contributed by atoms with Crippen molar-refractivity contribution in [3.63, 3.8) is 0 Å². The highest BCUT2D eigenvalue weighted by atomic mass is 16.5. The van der Waals surface area contributed by atoms with Crippen LogP contribution < -0.4 is 15.6 Å². The Morgan fingerprint density at radius 2 is 2.10 bits per heavy atom. The van der Waals surface area contributed by atoms with E-state index in [2.05, 4.69) is 15.3 Å². The van der Waals surface area contributed by atoms with Gasteiger partial charge in [0, 0.05) is 13.0 Å². The summed E-state index contributed by atoms with van der Waals surface area (Å²) in [5, 5.41) is 3.20. The number of fused-ring (bicyclic) bond motifs is 1. The van der Waals surface area contributed by atoms with Gasteiger partial charge in [0.1, 0.15) is 17.4 Å². The monoisotopic (exact) mass is 271 g/mol. The van der Waals surface area contributed by atoms with Crippen molar-refractivity contribution in [2.24, 2.45) is 0 Å². The van der Waals surface area contributed by atoms with Crippen LogP contribution in [0.4, 0.5) is 5.82 Å². The number of rotatable bonds is 3. The first kappa shape index (κ1) is 12.7. The highest BCUT2D eigenvalue weighted by Gasteiger charge is 2.15. The number of anilines is 1. The number of aromatic amines is 1. The topological polar surface area (TPSA) is 67.0 Å². The third-order valence-electron chi connectivity index (χ3n) is 3.49. The van der Waals surface area contributed by atoms with E-state index >= 15 is 0 Å². The van der Waals surface area contributed by atoms with Crippen molar-refractivity contribution in [1.82, 2.24) is 9.97 Å². The molecule has 1 aromatic heterocycles. The van der Waals surface area contributed by atoms with Crippen molar-refractivity contribution in [2.75, 3.05) is 19.0 Å². The van der Waals surface area contributed by atoms with Gasteiger partial charge in [-0.05, 0) is 30.5 Å². The van der Waals surface area contributed by atoms with Crippen LogP contribution in [0.15, 0.2) is 29.1 Å². The zero-order valence-corrected chi connectivity index (χ0v) is 11.4. The molecule has 0 saturated carbocycles. The van der Waals surface area contributed by atoms with E-state index in [1.807, 2.05) is 24.3 Å². The van der Waals surface area contributed by atoms with Crippen LogP contribution >= 0.6 is 0 Å². The quantitative estimate of drug-likeness (QED) is 0.892. The standard InChI is InChI=1S/C15H17N3O2/c1-20-11-6-4-10(5-7-11)9-13-17-14-12(15(19)18-13)3-2-8-16-14/h4-7H,2-3,8-9H2,1H3,(H2,16,17,18,19). The molecule has 20 heavy (non-hydrogen) atoms. The normalized spacial score (nSPS) is 13.4. The minimum Gasteiger partial charge on any atom is -0.497 e. The molecule has 1 aliphatic heterocycles. The van der Waals surface area contributed by atoms with Gasteiger partial charge in [-0.2, -0.15) is 0 Å². The number of benzene rings is 1. The van der Waals surface area contributed by atoms with Gasteiger partial charge in [-0.1, -0.05) is 12.1 Å². The number of nitrogens with zero attached hydrogens (tertiary/aromatic N) is 1. The van der Waals surface area contributed by atoms with Gasteiger partial charge in [-0.25, -0.2) is 4.98 Å². The minimum atomic E-state index is -0.0225. The van der Waals surface area contributed by atoms with Crippen molar-refractivity contribution in [1.29, 1.82) is 0 Å². The number of nitrogens with one attached hydrogen (secondary N) is 2. The summed E-state index contributed by atoms with van der Waals surface area (Å²) in [6.07, 6.45) is 2.39. The summed E-state index contributed by atoms with van der Waals surface area (Å²) in [5.74, 6) is 2.25. The predicted octanol–water partition coefficient (Wildman–Crippen LogP) is 1.73. The maximum absolute atomic E-state index is 12.0. The SMILES string of the molecule is COc1ccc(Cc2nc3c(c(=O)[nH]2)CCCN3)cc1. The molecule has 5 nitrogen and oxygen atoms in total. The average Bonchev–Trinajstić information content (AvgIpc) is 2.48. The van der Waals surface area contributed by atoms with E-state index in [0.29, 0.717) is 12.2 Å². The number of methoxy groups -OCH3 is 1. The Bertz CT molecular complexity index is 662. The van der Waals surface area contributed by atoms with Crippen LogP contribution in [-0.4, -0.2) is 23.6 Å². The Kier molecular flexibility index (Phi) is 3.41. The molecular weight excluding hydrogens is 254 g/mol. The van der Waals surface area contributed by atoms with Crippen molar-refractivity contribution < 1.29 is 4.74 Å². The van der Waals surface area contributed by atoms with E-state index in [1.54, 1.807) is 7.11 Å². The van der Waals surface area contributed by atoms with Crippen LogP contribution in [0.25, 0.3) is 0 Å². The summed E-state index contributed by atoms with van der Waals surface area (Å²) in [6, 6.07) is 7.77. The lowest BCUT2D eigenvalue weighted by Gasteiger charge is -2.16. The fraction of sp³-hybridized carbons (Fsp3) is 0.333. The molecule has 0 radical (unpaired) electrons. The molecule has 0 saturated heterocycles. The lowest BCUT2D eigenvalue weighted by Crippen LogP contribution is -2.25. The van der Waals surface area contributed by atoms with Gasteiger partial charge >= 0.3 is 0 Å². The molecule has 5 heteroatoms. The van der Waals surface area contributed by atoms with Crippen LogP contribution in [0, 0.1) is 0 Å².